The summed E-state index contributed by atoms with van der Waals surface area (Å²) in [6, 6.07) is 7.40. The van der Waals surface area contributed by atoms with Crippen LogP contribution in [0.2, 0.25) is 0 Å². The molecule has 1 aromatic carbocycles. The third kappa shape index (κ3) is 2.04. The summed E-state index contributed by atoms with van der Waals surface area (Å²) >= 11 is 0. The Morgan fingerprint density at radius 2 is 2.19 bits per heavy atom. The smallest absolute Gasteiger partial charge is 0.261 e. The molecule has 0 spiro atoms. The van der Waals surface area contributed by atoms with Crippen molar-refractivity contribution in [3.63, 3.8) is 0 Å². The standard InChI is InChI=1S/C11H12N2O3/c1-2-15-9-6-4-3-5-8(9)11-12-10(7-14)13-16-11/h3-6,14H,2,7H2,1H3. The summed E-state index contributed by atoms with van der Waals surface area (Å²) in [6.07, 6.45) is 0. The van der Waals surface area contributed by atoms with Gasteiger partial charge < -0.3 is 14.4 Å². The zero-order valence-electron chi connectivity index (χ0n) is 8.88. The fourth-order valence-corrected chi connectivity index (χ4v) is 1.35. The van der Waals surface area contributed by atoms with Gasteiger partial charge in [0.25, 0.3) is 5.89 Å². The van der Waals surface area contributed by atoms with Crippen LogP contribution in [0.3, 0.4) is 0 Å². The van der Waals surface area contributed by atoms with Crippen molar-refractivity contribution in [3.05, 3.63) is 30.1 Å². The van der Waals surface area contributed by atoms with Crippen LogP contribution in [0.1, 0.15) is 12.7 Å². The van der Waals surface area contributed by atoms with E-state index in [0.717, 1.165) is 5.56 Å². The molecule has 1 aromatic heterocycles. The minimum absolute atomic E-state index is 0.236. The Labute approximate surface area is 92.7 Å². The van der Waals surface area contributed by atoms with Gasteiger partial charge in [0, 0.05) is 0 Å². The average molecular weight is 220 g/mol. The second-order valence-electron chi connectivity index (χ2n) is 3.10. The molecular weight excluding hydrogens is 208 g/mol. The lowest BCUT2D eigenvalue weighted by atomic mass is 10.2. The first-order valence-corrected chi connectivity index (χ1v) is 5.00. The Morgan fingerprint density at radius 1 is 1.38 bits per heavy atom. The maximum Gasteiger partial charge on any atom is 0.261 e. The van der Waals surface area contributed by atoms with Crippen LogP contribution < -0.4 is 4.74 Å². The molecule has 2 aromatic rings. The molecule has 84 valence electrons. The fraction of sp³-hybridized carbons (Fsp3) is 0.273. The van der Waals surface area contributed by atoms with Gasteiger partial charge in [-0.1, -0.05) is 17.3 Å². The molecule has 0 aliphatic carbocycles. The molecule has 0 aliphatic rings. The van der Waals surface area contributed by atoms with Gasteiger partial charge in [-0.15, -0.1) is 0 Å². The lowest BCUT2D eigenvalue weighted by Crippen LogP contribution is -1.94. The van der Waals surface area contributed by atoms with Crippen LogP contribution in [0.4, 0.5) is 0 Å². The number of aromatic nitrogens is 2. The second-order valence-corrected chi connectivity index (χ2v) is 3.10. The molecule has 2 rings (SSSR count). The highest BCUT2D eigenvalue weighted by atomic mass is 16.5. The molecule has 1 heterocycles. The van der Waals surface area contributed by atoms with E-state index in [4.69, 9.17) is 14.4 Å². The van der Waals surface area contributed by atoms with Crippen molar-refractivity contribution in [2.24, 2.45) is 0 Å². The van der Waals surface area contributed by atoms with Crippen molar-refractivity contribution >= 4 is 0 Å². The normalized spacial score (nSPS) is 10.4. The van der Waals surface area contributed by atoms with Gasteiger partial charge in [-0.05, 0) is 19.1 Å². The molecule has 0 fully saturated rings. The lowest BCUT2D eigenvalue weighted by molar-refractivity contribution is 0.264. The molecule has 0 saturated carbocycles. The Bertz CT molecular complexity index is 468. The summed E-state index contributed by atoms with van der Waals surface area (Å²) in [5, 5.41) is 12.5. The molecule has 0 amide bonds. The topological polar surface area (TPSA) is 68.4 Å². The van der Waals surface area contributed by atoms with E-state index < -0.39 is 0 Å². The first kappa shape index (κ1) is 10.6. The SMILES string of the molecule is CCOc1ccccc1-c1nc(CO)no1. The van der Waals surface area contributed by atoms with E-state index >= 15 is 0 Å². The maximum absolute atomic E-state index is 8.85. The van der Waals surface area contributed by atoms with Gasteiger partial charge in [-0.25, -0.2) is 0 Å². The number of hydrogen-bond donors (Lipinski definition) is 1. The molecule has 0 saturated heterocycles. The maximum atomic E-state index is 8.85. The zero-order chi connectivity index (χ0) is 11.4. The molecule has 1 N–H and O–H groups in total. The van der Waals surface area contributed by atoms with E-state index in [0.29, 0.717) is 18.2 Å². The van der Waals surface area contributed by atoms with Gasteiger partial charge >= 0.3 is 0 Å². The molecule has 16 heavy (non-hydrogen) atoms. The largest absolute Gasteiger partial charge is 0.493 e. The van der Waals surface area contributed by atoms with E-state index in [1.807, 2.05) is 31.2 Å². The quantitative estimate of drug-likeness (QED) is 0.848. The molecule has 0 radical (unpaired) electrons. The van der Waals surface area contributed by atoms with Crippen molar-refractivity contribution in [1.29, 1.82) is 0 Å². The average Bonchev–Trinajstić information content (AvgIpc) is 2.79. The van der Waals surface area contributed by atoms with Crippen molar-refractivity contribution < 1.29 is 14.4 Å². The van der Waals surface area contributed by atoms with Gasteiger partial charge in [0.15, 0.2) is 5.82 Å². The van der Waals surface area contributed by atoms with Crippen LogP contribution in [0.25, 0.3) is 11.5 Å². The summed E-state index contributed by atoms with van der Waals surface area (Å²) in [7, 11) is 0. The number of para-hydroxylation sites is 1. The first-order valence-electron chi connectivity index (χ1n) is 5.00. The van der Waals surface area contributed by atoms with Crippen molar-refractivity contribution in [1.82, 2.24) is 10.1 Å². The predicted octanol–water partition coefficient (Wildman–Crippen LogP) is 1.63. The monoisotopic (exact) mass is 220 g/mol. The van der Waals surface area contributed by atoms with Crippen LogP contribution in [0.5, 0.6) is 5.75 Å². The second kappa shape index (κ2) is 4.76. The molecule has 5 nitrogen and oxygen atoms in total. The highest BCUT2D eigenvalue weighted by Crippen LogP contribution is 2.28. The zero-order valence-corrected chi connectivity index (χ0v) is 8.88. The molecule has 5 heteroatoms. The Hall–Kier alpha value is -1.88. The van der Waals surface area contributed by atoms with Gasteiger partial charge in [0.1, 0.15) is 12.4 Å². The highest BCUT2D eigenvalue weighted by molar-refractivity contribution is 5.62. The summed E-state index contributed by atoms with van der Waals surface area (Å²) in [6.45, 7) is 2.24. The minimum Gasteiger partial charge on any atom is -0.493 e. The Balaban J connectivity index is 2.38. The fourth-order valence-electron chi connectivity index (χ4n) is 1.35. The molecular formula is C11H12N2O3. The third-order valence-electron chi connectivity index (χ3n) is 2.03. The molecule has 0 bridgehead atoms. The number of benzene rings is 1. The van der Waals surface area contributed by atoms with E-state index in [2.05, 4.69) is 10.1 Å². The summed E-state index contributed by atoms with van der Waals surface area (Å²) < 4.78 is 10.5. The first-order chi connectivity index (χ1) is 7.85. The van der Waals surface area contributed by atoms with Crippen molar-refractivity contribution in [2.75, 3.05) is 6.61 Å². The van der Waals surface area contributed by atoms with Crippen LogP contribution in [0.15, 0.2) is 28.8 Å². The Morgan fingerprint density at radius 3 is 2.88 bits per heavy atom. The van der Waals surface area contributed by atoms with Gasteiger partial charge in [-0.2, -0.15) is 4.98 Å². The number of ether oxygens (including phenoxy) is 1. The lowest BCUT2D eigenvalue weighted by Gasteiger charge is -2.05. The van der Waals surface area contributed by atoms with Gasteiger partial charge in [-0.3, -0.25) is 0 Å². The van der Waals surface area contributed by atoms with E-state index in [1.54, 1.807) is 0 Å². The summed E-state index contributed by atoms with van der Waals surface area (Å²) in [5.74, 6) is 1.31. The number of aliphatic hydroxyl groups is 1. The minimum atomic E-state index is -0.236. The van der Waals surface area contributed by atoms with E-state index in [1.165, 1.54) is 0 Å². The predicted molar refractivity (Wildman–Crippen MR) is 56.8 cm³/mol. The van der Waals surface area contributed by atoms with Gasteiger partial charge in [0.2, 0.25) is 0 Å². The van der Waals surface area contributed by atoms with Crippen molar-refractivity contribution in [3.8, 4) is 17.2 Å². The van der Waals surface area contributed by atoms with E-state index in [-0.39, 0.29) is 12.4 Å². The molecule has 0 unspecified atom stereocenters. The van der Waals surface area contributed by atoms with Crippen LogP contribution in [-0.4, -0.2) is 21.9 Å². The number of nitrogens with zero attached hydrogens (tertiary/aromatic N) is 2. The number of hydrogen-bond acceptors (Lipinski definition) is 5. The van der Waals surface area contributed by atoms with E-state index in [9.17, 15) is 0 Å². The summed E-state index contributed by atoms with van der Waals surface area (Å²) in [5.41, 5.74) is 0.733. The molecule has 0 atom stereocenters. The number of rotatable bonds is 4. The Kier molecular flexibility index (Phi) is 3.16. The van der Waals surface area contributed by atoms with Gasteiger partial charge in [0.05, 0.1) is 12.2 Å². The highest BCUT2D eigenvalue weighted by Gasteiger charge is 2.12. The number of aliphatic hydroxyl groups excluding tert-OH is 1. The summed E-state index contributed by atoms with van der Waals surface area (Å²) in [4.78, 5) is 4.03. The van der Waals surface area contributed by atoms with Crippen LogP contribution in [0, 0.1) is 0 Å². The van der Waals surface area contributed by atoms with Crippen LogP contribution >= 0.6 is 0 Å². The molecule has 0 aliphatic heterocycles. The van der Waals surface area contributed by atoms with Crippen molar-refractivity contribution in [2.45, 2.75) is 13.5 Å². The third-order valence-corrected chi connectivity index (χ3v) is 2.03. The van der Waals surface area contributed by atoms with Crippen LogP contribution in [-0.2, 0) is 6.61 Å².